The number of para-hydroxylation sites is 1. The van der Waals surface area contributed by atoms with E-state index in [1.807, 2.05) is 37.3 Å². The van der Waals surface area contributed by atoms with Crippen molar-refractivity contribution in [1.82, 2.24) is 5.32 Å². The topological polar surface area (TPSA) is 104 Å². The van der Waals surface area contributed by atoms with Crippen molar-refractivity contribution in [2.75, 3.05) is 28.6 Å². The summed E-state index contributed by atoms with van der Waals surface area (Å²) in [6.45, 7) is 2.78. The quantitative estimate of drug-likeness (QED) is 0.289. The number of carbonyl (C=O) groups is 3. The summed E-state index contributed by atoms with van der Waals surface area (Å²) >= 11 is 0. The first-order valence-corrected chi connectivity index (χ1v) is 11.9. The van der Waals surface area contributed by atoms with Gasteiger partial charge >= 0.3 is 0 Å². The molecule has 1 heterocycles. The van der Waals surface area contributed by atoms with Crippen LogP contribution in [0.4, 0.5) is 17.1 Å². The van der Waals surface area contributed by atoms with Gasteiger partial charge in [-0.1, -0.05) is 24.3 Å². The van der Waals surface area contributed by atoms with Gasteiger partial charge in [0, 0.05) is 34.7 Å². The van der Waals surface area contributed by atoms with Crippen molar-refractivity contribution in [2.24, 2.45) is 0 Å². The molecule has 0 fully saturated rings. The molecule has 0 saturated heterocycles. The van der Waals surface area contributed by atoms with Gasteiger partial charge in [-0.2, -0.15) is 0 Å². The van der Waals surface area contributed by atoms with Crippen LogP contribution in [0.25, 0.3) is 0 Å². The average molecular weight is 497 g/mol. The highest BCUT2D eigenvalue weighted by molar-refractivity contribution is 6.06. The summed E-state index contributed by atoms with van der Waals surface area (Å²) in [7, 11) is 0. The molecule has 0 atom stereocenters. The van der Waals surface area contributed by atoms with Crippen molar-refractivity contribution in [3.63, 3.8) is 0 Å². The molecule has 0 unspecified atom stereocenters. The summed E-state index contributed by atoms with van der Waals surface area (Å²) in [6.07, 6.45) is 1.55. The largest absolute Gasteiger partial charge is 0.467 e. The molecule has 0 aliphatic rings. The third-order valence-corrected chi connectivity index (χ3v) is 5.63. The number of rotatable bonds is 10. The highest BCUT2D eigenvalue weighted by atomic mass is 16.3. The van der Waals surface area contributed by atoms with E-state index in [0.29, 0.717) is 34.8 Å². The van der Waals surface area contributed by atoms with Gasteiger partial charge < -0.3 is 25.3 Å². The highest BCUT2D eigenvalue weighted by Crippen LogP contribution is 2.18. The maximum absolute atomic E-state index is 12.9. The molecule has 3 amide bonds. The van der Waals surface area contributed by atoms with Gasteiger partial charge in [0.25, 0.3) is 11.8 Å². The molecule has 0 bridgehead atoms. The first-order chi connectivity index (χ1) is 18.0. The fraction of sp³-hybridized carbons (Fsp3) is 0.138. The highest BCUT2D eigenvalue weighted by Gasteiger charge is 2.16. The maximum atomic E-state index is 12.9. The predicted molar refractivity (Wildman–Crippen MR) is 144 cm³/mol. The van der Waals surface area contributed by atoms with Gasteiger partial charge in [-0.05, 0) is 73.7 Å². The summed E-state index contributed by atoms with van der Waals surface area (Å²) in [5, 5.41) is 8.62. The minimum atomic E-state index is -0.269. The number of nitrogens with one attached hydrogen (secondary N) is 3. The minimum absolute atomic E-state index is 0.0211. The van der Waals surface area contributed by atoms with Crippen molar-refractivity contribution in [3.05, 3.63) is 114 Å². The van der Waals surface area contributed by atoms with Crippen LogP contribution in [0.3, 0.4) is 0 Å². The lowest BCUT2D eigenvalue weighted by molar-refractivity contribution is -0.114. The fourth-order valence-corrected chi connectivity index (χ4v) is 3.75. The second-order valence-electron chi connectivity index (χ2n) is 8.21. The van der Waals surface area contributed by atoms with Gasteiger partial charge in [0.1, 0.15) is 5.76 Å². The van der Waals surface area contributed by atoms with Crippen LogP contribution in [0.15, 0.2) is 102 Å². The molecule has 188 valence electrons. The van der Waals surface area contributed by atoms with Crippen molar-refractivity contribution < 1.29 is 18.8 Å². The first-order valence-electron chi connectivity index (χ1n) is 11.9. The Labute approximate surface area is 215 Å². The number of nitrogens with zero attached hydrogens (tertiary/aromatic N) is 1. The van der Waals surface area contributed by atoms with Crippen molar-refractivity contribution >= 4 is 34.8 Å². The Morgan fingerprint density at radius 3 is 2.30 bits per heavy atom. The van der Waals surface area contributed by atoms with Crippen LogP contribution >= 0.6 is 0 Å². The normalized spacial score (nSPS) is 10.4. The van der Waals surface area contributed by atoms with E-state index < -0.39 is 0 Å². The Bertz CT molecular complexity index is 1340. The SMILES string of the molecule is CCN(C(=O)c1ccc(NCC(=O)Nc2cccc(C(=O)NCc3ccco3)c2)cc1)c1ccccc1. The Hall–Kier alpha value is -4.85. The third kappa shape index (κ3) is 6.85. The lowest BCUT2D eigenvalue weighted by Crippen LogP contribution is -2.30. The third-order valence-electron chi connectivity index (χ3n) is 5.63. The van der Waals surface area contributed by atoms with Gasteiger partial charge in [-0.15, -0.1) is 0 Å². The molecule has 1 aromatic heterocycles. The van der Waals surface area contributed by atoms with E-state index in [1.165, 1.54) is 0 Å². The predicted octanol–water partition coefficient (Wildman–Crippen LogP) is 4.93. The number of hydrogen-bond acceptors (Lipinski definition) is 5. The van der Waals surface area contributed by atoms with E-state index in [0.717, 1.165) is 5.69 Å². The molecular weight excluding hydrogens is 468 g/mol. The lowest BCUT2D eigenvalue weighted by atomic mass is 10.1. The van der Waals surface area contributed by atoms with Gasteiger partial charge in [0.05, 0.1) is 19.4 Å². The van der Waals surface area contributed by atoms with Gasteiger partial charge in [-0.3, -0.25) is 14.4 Å². The molecule has 37 heavy (non-hydrogen) atoms. The van der Waals surface area contributed by atoms with E-state index in [1.54, 1.807) is 71.8 Å². The molecule has 4 aromatic rings. The summed E-state index contributed by atoms with van der Waals surface area (Å²) < 4.78 is 5.21. The molecule has 0 spiro atoms. The molecule has 0 radical (unpaired) electrons. The van der Waals surface area contributed by atoms with Crippen molar-refractivity contribution in [1.29, 1.82) is 0 Å². The monoisotopic (exact) mass is 496 g/mol. The zero-order valence-electron chi connectivity index (χ0n) is 20.4. The summed E-state index contributed by atoms with van der Waals surface area (Å²) in [5.74, 6) is 0.0231. The van der Waals surface area contributed by atoms with Gasteiger partial charge in [0.2, 0.25) is 5.91 Å². The average Bonchev–Trinajstić information content (AvgIpc) is 3.46. The van der Waals surface area contributed by atoms with Gasteiger partial charge in [0.15, 0.2) is 0 Å². The molecular formula is C29H28N4O4. The van der Waals surface area contributed by atoms with Crippen LogP contribution in [0.1, 0.15) is 33.4 Å². The van der Waals surface area contributed by atoms with Crippen LogP contribution < -0.4 is 20.9 Å². The minimum Gasteiger partial charge on any atom is -0.467 e. The standard InChI is InChI=1S/C29H28N4O4/c1-2-33(25-10-4-3-5-11-25)29(36)21-13-15-23(16-14-21)30-20-27(34)32-24-9-6-8-22(18-24)28(35)31-19-26-12-7-17-37-26/h3-18,30H,2,19-20H2,1H3,(H,31,35)(H,32,34). The Morgan fingerprint density at radius 1 is 0.811 bits per heavy atom. The second kappa shape index (κ2) is 12.2. The van der Waals surface area contributed by atoms with E-state index in [9.17, 15) is 14.4 Å². The smallest absolute Gasteiger partial charge is 0.258 e. The number of amides is 3. The van der Waals surface area contributed by atoms with Crippen molar-refractivity contribution in [3.8, 4) is 0 Å². The molecule has 4 rings (SSSR count). The van der Waals surface area contributed by atoms with Crippen LogP contribution in [0.2, 0.25) is 0 Å². The second-order valence-corrected chi connectivity index (χ2v) is 8.21. The molecule has 3 N–H and O–H groups in total. The Balaban J connectivity index is 1.28. The molecule has 8 heteroatoms. The zero-order chi connectivity index (χ0) is 26.0. The van der Waals surface area contributed by atoms with Gasteiger partial charge in [-0.25, -0.2) is 0 Å². The van der Waals surface area contributed by atoms with Crippen LogP contribution in [-0.4, -0.2) is 30.8 Å². The molecule has 0 saturated carbocycles. The molecule has 0 aliphatic heterocycles. The summed E-state index contributed by atoms with van der Waals surface area (Å²) in [4.78, 5) is 39.5. The van der Waals surface area contributed by atoms with Crippen LogP contribution in [0, 0.1) is 0 Å². The molecule has 0 aliphatic carbocycles. The molecule has 8 nitrogen and oxygen atoms in total. The zero-order valence-corrected chi connectivity index (χ0v) is 20.4. The lowest BCUT2D eigenvalue weighted by Gasteiger charge is -2.21. The first kappa shape index (κ1) is 25.2. The van der Waals surface area contributed by atoms with E-state index in [4.69, 9.17) is 4.42 Å². The molecule has 3 aromatic carbocycles. The number of hydrogen-bond donors (Lipinski definition) is 3. The van der Waals surface area contributed by atoms with E-state index >= 15 is 0 Å². The number of furan rings is 1. The van der Waals surface area contributed by atoms with E-state index in [-0.39, 0.29) is 30.8 Å². The summed E-state index contributed by atoms with van der Waals surface area (Å²) in [6, 6.07) is 26.8. The van der Waals surface area contributed by atoms with E-state index in [2.05, 4.69) is 16.0 Å². The Morgan fingerprint density at radius 2 is 1.59 bits per heavy atom. The maximum Gasteiger partial charge on any atom is 0.258 e. The van der Waals surface area contributed by atoms with Crippen LogP contribution in [0.5, 0.6) is 0 Å². The number of carbonyl (C=O) groups excluding carboxylic acids is 3. The van der Waals surface area contributed by atoms with Crippen molar-refractivity contribution in [2.45, 2.75) is 13.5 Å². The van der Waals surface area contributed by atoms with Crippen LogP contribution in [-0.2, 0) is 11.3 Å². The number of anilines is 3. The number of benzene rings is 3. The fourth-order valence-electron chi connectivity index (χ4n) is 3.75. The Kier molecular flexibility index (Phi) is 8.33. The summed E-state index contributed by atoms with van der Waals surface area (Å²) in [5.41, 5.74) is 3.05.